The van der Waals surface area contributed by atoms with Crippen LogP contribution in [-0.2, 0) is 11.3 Å². The maximum atomic E-state index is 11.4. The summed E-state index contributed by atoms with van der Waals surface area (Å²) in [4.78, 5) is 20.2. The lowest BCUT2D eigenvalue weighted by Gasteiger charge is -2.24. The lowest BCUT2D eigenvalue weighted by Crippen LogP contribution is -2.34. The van der Waals surface area contributed by atoms with Crippen LogP contribution in [0.25, 0.3) is 0 Å². The number of amides is 1. The first-order valence-corrected chi connectivity index (χ1v) is 6.79. The second kappa shape index (κ2) is 6.02. The van der Waals surface area contributed by atoms with Crippen molar-refractivity contribution in [2.24, 2.45) is 5.73 Å². The molecule has 2 heterocycles. The molecule has 1 aliphatic rings. The second-order valence-corrected chi connectivity index (χ2v) is 4.99. The van der Waals surface area contributed by atoms with E-state index < -0.39 is 0 Å². The maximum absolute atomic E-state index is 11.4. The van der Waals surface area contributed by atoms with Crippen LogP contribution in [0.4, 0.5) is 5.82 Å². The first-order chi connectivity index (χ1) is 9.11. The highest BCUT2D eigenvalue weighted by molar-refractivity contribution is 5.73. The van der Waals surface area contributed by atoms with Gasteiger partial charge in [-0.2, -0.15) is 0 Å². The molecule has 19 heavy (non-hydrogen) atoms. The van der Waals surface area contributed by atoms with E-state index >= 15 is 0 Å². The minimum absolute atomic E-state index is 0.151. The van der Waals surface area contributed by atoms with Gasteiger partial charge in [0.1, 0.15) is 5.82 Å². The van der Waals surface area contributed by atoms with Gasteiger partial charge in [0.2, 0.25) is 5.91 Å². The molecule has 5 nitrogen and oxygen atoms in total. The van der Waals surface area contributed by atoms with Crippen molar-refractivity contribution in [2.45, 2.75) is 26.8 Å². The van der Waals surface area contributed by atoms with Gasteiger partial charge in [0, 0.05) is 50.9 Å². The van der Waals surface area contributed by atoms with Crippen LogP contribution < -0.4 is 10.6 Å². The van der Waals surface area contributed by atoms with Crippen molar-refractivity contribution in [1.29, 1.82) is 0 Å². The molecule has 0 saturated carbocycles. The molecule has 0 atom stereocenters. The Kier molecular flexibility index (Phi) is 4.37. The van der Waals surface area contributed by atoms with E-state index in [1.807, 2.05) is 24.0 Å². The smallest absolute Gasteiger partial charge is 0.219 e. The van der Waals surface area contributed by atoms with Gasteiger partial charge in [-0.1, -0.05) is 6.07 Å². The molecule has 1 aromatic heterocycles. The molecule has 0 radical (unpaired) electrons. The van der Waals surface area contributed by atoms with Crippen molar-refractivity contribution < 1.29 is 4.79 Å². The second-order valence-electron chi connectivity index (χ2n) is 4.99. The summed E-state index contributed by atoms with van der Waals surface area (Å²) >= 11 is 0. The highest BCUT2D eigenvalue weighted by Gasteiger charge is 2.19. The fraction of sp³-hybridized carbons (Fsp3) is 0.571. The van der Waals surface area contributed by atoms with Gasteiger partial charge in [-0.15, -0.1) is 0 Å². The molecule has 0 aromatic carbocycles. The topological polar surface area (TPSA) is 62.5 Å². The molecule has 2 N–H and O–H groups in total. The number of carbonyl (C=O) groups excluding carboxylic acids is 1. The first kappa shape index (κ1) is 13.8. The highest BCUT2D eigenvalue weighted by Crippen LogP contribution is 2.20. The molecule has 0 aliphatic carbocycles. The van der Waals surface area contributed by atoms with E-state index in [0.717, 1.165) is 49.7 Å². The third-order valence-corrected chi connectivity index (χ3v) is 3.56. The fourth-order valence-corrected chi connectivity index (χ4v) is 2.45. The van der Waals surface area contributed by atoms with E-state index in [-0.39, 0.29) is 5.91 Å². The fourth-order valence-electron chi connectivity index (χ4n) is 2.45. The van der Waals surface area contributed by atoms with Crippen LogP contribution in [0.3, 0.4) is 0 Å². The van der Waals surface area contributed by atoms with Gasteiger partial charge in [-0.25, -0.2) is 4.98 Å². The summed E-state index contributed by atoms with van der Waals surface area (Å²) in [6.07, 6.45) is 0.971. The Morgan fingerprint density at radius 2 is 2.11 bits per heavy atom. The number of nitrogens with two attached hydrogens (primary N) is 1. The molecule has 2 rings (SSSR count). The number of aryl methyl sites for hydroxylation is 1. The number of carbonyl (C=O) groups is 1. The molecule has 1 fully saturated rings. The molecule has 1 aromatic rings. The molecule has 104 valence electrons. The maximum Gasteiger partial charge on any atom is 0.219 e. The average Bonchev–Trinajstić information content (AvgIpc) is 2.64. The van der Waals surface area contributed by atoms with Crippen LogP contribution in [0.2, 0.25) is 0 Å². The van der Waals surface area contributed by atoms with Crippen molar-refractivity contribution in [3.8, 4) is 0 Å². The zero-order chi connectivity index (χ0) is 13.8. The van der Waals surface area contributed by atoms with Crippen molar-refractivity contribution >= 4 is 11.7 Å². The molecule has 1 amide bonds. The summed E-state index contributed by atoms with van der Waals surface area (Å²) in [6, 6.07) is 4.04. The zero-order valence-corrected chi connectivity index (χ0v) is 11.7. The summed E-state index contributed by atoms with van der Waals surface area (Å²) in [5.74, 6) is 1.13. The molecule has 0 spiro atoms. The standard InChI is InChI=1S/C14H22N4O/c1-11-4-5-13(10-15)14(16-11)18-7-3-6-17(8-9-18)12(2)19/h4-5H,3,6-10,15H2,1-2H3. The first-order valence-electron chi connectivity index (χ1n) is 6.79. The minimum Gasteiger partial charge on any atom is -0.355 e. The molecule has 0 unspecified atom stereocenters. The molecule has 1 aliphatic heterocycles. The van der Waals surface area contributed by atoms with Crippen molar-refractivity contribution in [1.82, 2.24) is 9.88 Å². The van der Waals surface area contributed by atoms with E-state index in [1.54, 1.807) is 6.92 Å². The quantitative estimate of drug-likeness (QED) is 0.860. The van der Waals surface area contributed by atoms with E-state index in [9.17, 15) is 4.79 Å². The van der Waals surface area contributed by atoms with Gasteiger partial charge in [-0.3, -0.25) is 4.79 Å². The van der Waals surface area contributed by atoms with E-state index in [2.05, 4.69) is 9.88 Å². The normalized spacial score (nSPS) is 16.4. The summed E-state index contributed by atoms with van der Waals surface area (Å²) in [6.45, 7) is 7.45. The van der Waals surface area contributed by atoms with Gasteiger partial charge in [-0.05, 0) is 19.4 Å². The Balaban J connectivity index is 2.18. The SMILES string of the molecule is CC(=O)N1CCCN(c2nc(C)ccc2CN)CC1. The van der Waals surface area contributed by atoms with Gasteiger partial charge < -0.3 is 15.5 Å². The van der Waals surface area contributed by atoms with Crippen molar-refractivity contribution in [2.75, 3.05) is 31.1 Å². The monoisotopic (exact) mass is 262 g/mol. The average molecular weight is 262 g/mol. The largest absolute Gasteiger partial charge is 0.355 e. The highest BCUT2D eigenvalue weighted by atomic mass is 16.2. The number of nitrogens with zero attached hydrogens (tertiary/aromatic N) is 3. The lowest BCUT2D eigenvalue weighted by molar-refractivity contribution is -0.128. The van der Waals surface area contributed by atoms with Gasteiger partial charge >= 0.3 is 0 Å². The van der Waals surface area contributed by atoms with Crippen molar-refractivity contribution in [3.63, 3.8) is 0 Å². The van der Waals surface area contributed by atoms with E-state index in [4.69, 9.17) is 5.73 Å². The molecule has 5 heteroatoms. The number of rotatable bonds is 2. The predicted octanol–water partition coefficient (Wildman–Crippen LogP) is 0.907. The summed E-state index contributed by atoms with van der Waals surface area (Å²) in [7, 11) is 0. The molecular formula is C14H22N4O. The summed E-state index contributed by atoms with van der Waals surface area (Å²) < 4.78 is 0. The van der Waals surface area contributed by atoms with Crippen LogP contribution in [-0.4, -0.2) is 42.0 Å². The molecule has 1 saturated heterocycles. The summed E-state index contributed by atoms with van der Waals surface area (Å²) in [5.41, 5.74) is 7.86. The van der Waals surface area contributed by atoms with Crippen molar-refractivity contribution in [3.05, 3.63) is 23.4 Å². The van der Waals surface area contributed by atoms with E-state index in [1.165, 1.54) is 0 Å². The van der Waals surface area contributed by atoms with Crippen LogP contribution in [0.5, 0.6) is 0 Å². The van der Waals surface area contributed by atoms with Crippen LogP contribution in [0.15, 0.2) is 12.1 Å². The van der Waals surface area contributed by atoms with Crippen LogP contribution in [0, 0.1) is 6.92 Å². The lowest BCUT2D eigenvalue weighted by atomic mass is 10.2. The van der Waals surface area contributed by atoms with Crippen LogP contribution >= 0.6 is 0 Å². The molecular weight excluding hydrogens is 240 g/mol. The Hall–Kier alpha value is -1.62. The number of aromatic nitrogens is 1. The molecule has 0 bridgehead atoms. The Morgan fingerprint density at radius 1 is 1.32 bits per heavy atom. The van der Waals surface area contributed by atoms with E-state index in [0.29, 0.717) is 6.54 Å². The number of hydrogen-bond acceptors (Lipinski definition) is 4. The number of pyridine rings is 1. The van der Waals surface area contributed by atoms with Gasteiger partial charge in [0.05, 0.1) is 0 Å². The number of hydrogen-bond donors (Lipinski definition) is 1. The predicted molar refractivity (Wildman–Crippen MR) is 75.9 cm³/mol. The third-order valence-electron chi connectivity index (χ3n) is 3.56. The van der Waals surface area contributed by atoms with Crippen LogP contribution in [0.1, 0.15) is 24.6 Å². The van der Waals surface area contributed by atoms with Gasteiger partial charge in [0.15, 0.2) is 0 Å². The number of anilines is 1. The minimum atomic E-state index is 0.151. The third kappa shape index (κ3) is 3.23. The van der Waals surface area contributed by atoms with Gasteiger partial charge in [0.25, 0.3) is 0 Å². The zero-order valence-electron chi connectivity index (χ0n) is 11.7. The summed E-state index contributed by atoms with van der Waals surface area (Å²) in [5, 5.41) is 0. The Labute approximate surface area is 114 Å². The Morgan fingerprint density at radius 3 is 2.79 bits per heavy atom. The Bertz CT molecular complexity index is 461.